The smallest absolute Gasteiger partial charge is 0.113 e. The highest BCUT2D eigenvalue weighted by molar-refractivity contribution is 7.03. The Kier molecular flexibility index (Phi) is 6.18. The molecule has 0 saturated heterocycles. The lowest BCUT2D eigenvalue weighted by molar-refractivity contribution is 1.30. The molecular formula is C50H35NSi. The van der Waals surface area contributed by atoms with Crippen molar-refractivity contribution < 1.29 is 0 Å². The van der Waals surface area contributed by atoms with Crippen molar-refractivity contribution in [2.24, 2.45) is 0 Å². The van der Waals surface area contributed by atoms with Gasteiger partial charge in [0, 0.05) is 17.1 Å². The summed E-state index contributed by atoms with van der Waals surface area (Å²) in [5.74, 6) is 0. The average Bonchev–Trinajstić information content (AvgIpc) is 3.42. The topological polar surface area (TPSA) is 3.24 Å². The summed E-state index contributed by atoms with van der Waals surface area (Å²) in [4.78, 5) is 2.42. The predicted molar refractivity (Wildman–Crippen MR) is 227 cm³/mol. The molecule has 1 nitrogen and oxygen atoms in total. The van der Waals surface area contributed by atoms with Gasteiger partial charge >= 0.3 is 0 Å². The van der Waals surface area contributed by atoms with Gasteiger partial charge in [-0.25, -0.2) is 0 Å². The summed E-state index contributed by atoms with van der Waals surface area (Å²) in [6, 6.07) is 66.0. The van der Waals surface area contributed by atoms with Crippen molar-refractivity contribution in [1.29, 1.82) is 0 Å². The maximum Gasteiger partial charge on any atom is 0.113 e. The molecule has 0 fully saturated rings. The predicted octanol–water partition coefficient (Wildman–Crippen LogP) is 12.8. The van der Waals surface area contributed by atoms with E-state index in [2.05, 4.69) is 194 Å². The summed E-state index contributed by atoms with van der Waals surface area (Å²) in [5, 5.41) is 15.8. The molecule has 0 atom stereocenters. The van der Waals surface area contributed by atoms with E-state index < -0.39 is 8.07 Å². The molecule has 244 valence electrons. The Morgan fingerprint density at radius 1 is 0.327 bits per heavy atom. The molecule has 1 heterocycles. The van der Waals surface area contributed by atoms with Crippen molar-refractivity contribution in [1.82, 2.24) is 0 Å². The second-order valence-electron chi connectivity index (χ2n) is 15.0. The zero-order valence-corrected chi connectivity index (χ0v) is 30.2. The third kappa shape index (κ3) is 4.35. The zero-order chi connectivity index (χ0) is 34.6. The van der Waals surface area contributed by atoms with E-state index in [0.29, 0.717) is 0 Å². The minimum atomic E-state index is -1.76. The molecule has 2 heteroatoms. The third-order valence-corrected chi connectivity index (χ3v) is 15.2. The number of rotatable bonds is 4. The van der Waals surface area contributed by atoms with E-state index in [0.717, 1.165) is 17.1 Å². The van der Waals surface area contributed by atoms with Crippen LogP contribution in [0, 0.1) is 0 Å². The Labute approximate surface area is 304 Å². The normalized spacial score (nSPS) is 13.3. The minimum absolute atomic E-state index is 1.15. The van der Waals surface area contributed by atoms with Gasteiger partial charge in [0.25, 0.3) is 0 Å². The van der Waals surface area contributed by atoms with E-state index >= 15 is 0 Å². The molecule has 10 aromatic carbocycles. The number of anilines is 3. The van der Waals surface area contributed by atoms with Crippen LogP contribution in [0.1, 0.15) is 0 Å². The Balaban J connectivity index is 1.07. The number of hydrogen-bond donors (Lipinski definition) is 0. The summed E-state index contributed by atoms with van der Waals surface area (Å²) in [7, 11) is -1.76. The maximum absolute atomic E-state index is 2.50. The average molecular weight is 678 g/mol. The molecule has 0 aromatic heterocycles. The first-order chi connectivity index (χ1) is 25.5. The summed E-state index contributed by atoms with van der Waals surface area (Å²) in [5.41, 5.74) is 8.89. The van der Waals surface area contributed by atoms with E-state index in [1.165, 1.54) is 76.1 Å². The SMILES string of the molecule is C[Si]1(C)c2ccccc2-c2ccc(-c3cc4ccc5cc(N(c6ccc7ccccc7c6)c6ccc7ccccc7c6)cc6ccc(c3)c4c56)cc21. The van der Waals surface area contributed by atoms with Crippen LogP contribution >= 0.6 is 0 Å². The van der Waals surface area contributed by atoms with Gasteiger partial charge in [-0.2, -0.15) is 0 Å². The lowest BCUT2D eigenvalue weighted by Gasteiger charge is -2.27. The molecule has 10 aromatic rings. The Hall–Kier alpha value is -6.22. The molecule has 1 aliphatic heterocycles. The molecular weight excluding hydrogens is 643 g/mol. The van der Waals surface area contributed by atoms with Crippen molar-refractivity contribution in [2.45, 2.75) is 13.1 Å². The minimum Gasteiger partial charge on any atom is -0.310 e. The number of fused-ring (bicyclic) bond motifs is 5. The van der Waals surface area contributed by atoms with Crippen LogP contribution in [0.15, 0.2) is 176 Å². The molecule has 0 spiro atoms. The Morgan fingerprint density at radius 2 is 0.788 bits per heavy atom. The summed E-state index contributed by atoms with van der Waals surface area (Å²) >= 11 is 0. The lowest BCUT2D eigenvalue weighted by atomic mass is 9.90. The largest absolute Gasteiger partial charge is 0.310 e. The molecule has 0 saturated carbocycles. The van der Waals surface area contributed by atoms with Gasteiger partial charge < -0.3 is 4.90 Å². The Bertz CT molecular complexity index is 2920. The first kappa shape index (κ1) is 29.5. The second kappa shape index (κ2) is 10.9. The van der Waals surface area contributed by atoms with Gasteiger partial charge in [-0.1, -0.05) is 140 Å². The van der Waals surface area contributed by atoms with Gasteiger partial charge in [0.2, 0.25) is 0 Å². The first-order valence-corrected chi connectivity index (χ1v) is 21.2. The van der Waals surface area contributed by atoms with Crippen LogP contribution in [0.2, 0.25) is 13.1 Å². The summed E-state index contributed by atoms with van der Waals surface area (Å²) < 4.78 is 0. The van der Waals surface area contributed by atoms with Crippen molar-refractivity contribution >= 4 is 89.4 Å². The molecule has 52 heavy (non-hydrogen) atoms. The Morgan fingerprint density at radius 3 is 1.38 bits per heavy atom. The van der Waals surface area contributed by atoms with Crippen molar-refractivity contribution in [3.63, 3.8) is 0 Å². The van der Waals surface area contributed by atoms with Crippen LogP contribution in [0.3, 0.4) is 0 Å². The van der Waals surface area contributed by atoms with Gasteiger partial charge in [-0.3, -0.25) is 0 Å². The fourth-order valence-corrected chi connectivity index (χ4v) is 12.2. The van der Waals surface area contributed by atoms with Gasteiger partial charge in [0.1, 0.15) is 8.07 Å². The van der Waals surface area contributed by atoms with Crippen LogP contribution in [0.4, 0.5) is 17.1 Å². The van der Waals surface area contributed by atoms with Crippen molar-refractivity contribution in [3.05, 3.63) is 176 Å². The molecule has 0 aliphatic carbocycles. The van der Waals surface area contributed by atoms with E-state index in [1.807, 2.05) is 0 Å². The quantitative estimate of drug-likeness (QED) is 0.132. The zero-order valence-electron chi connectivity index (χ0n) is 29.2. The van der Waals surface area contributed by atoms with Gasteiger partial charge in [-0.05, 0) is 135 Å². The summed E-state index contributed by atoms with van der Waals surface area (Å²) in [6.45, 7) is 4.99. The molecule has 0 unspecified atom stereocenters. The van der Waals surface area contributed by atoms with E-state index in [9.17, 15) is 0 Å². The van der Waals surface area contributed by atoms with Crippen LogP contribution in [-0.4, -0.2) is 8.07 Å². The van der Waals surface area contributed by atoms with Crippen molar-refractivity contribution in [2.75, 3.05) is 4.90 Å². The van der Waals surface area contributed by atoms with Crippen LogP contribution in [-0.2, 0) is 0 Å². The van der Waals surface area contributed by atoms with Crippen LogP contribution in [0.25, 0.3) is 76.1 Å². The van der Waals surface area contributed by atoms with Gasteiger partial charge in [-0.15, -0.1) is 0 Å². The highest BCUT2D eigenvalue weighted by Gasteiger charge is 2.37. The standard InChI is InChI=1S/C50H35NSi/c1-52(2)47-14-8-7-13-45(47)46-24-21-36(31-48(46)52)41-25-37-15-17-39-29-44(30-40-18-16-38(26-41)49(37)50(39)40)51(42-22-19-32-9-3-5-11-34(32)27-42)43-23-20-33-10-4-6-12-35(33)28-43/h3-31H,1-2H3. The highest BCUT2D eigenvalue weighted by atomic mass is 28.3. The van der Waals surface area contributed by atoms with Crippen LogP contribution in [0.5, 0.6) is 0 Å². The van der Waals surface area contributed by atoms with Gasteiger partial charge in [0.15, 0.2) is 0 Å². The van der Waals surface area contributed by atoms with Crippen LogP contribution < -0.4 is 15.3 Å². The highest BCUT2D eigenvalue weighted by Crippen LogP contribution is 2.44. The maximum atomic E-state index is 2.50. The molecule has 0 N–H and O–H groups in total. The van der Waals surface area contributed by atoms with Crippen molar-refractivity contribution in [3.8, 4) is 22.3 Å². The van der Waals surface area contributed by atoms with E-state index in [-0.39, 0.29) is 0 Å². The molecule has 11 rings (SSSR count). The third-order valence-electron chi connectivity index (χ3n) is 11.7. The molecule has 0 radical (unpaired) electrons. The number of benzene rings is 10. The molecule has 0 amide bonds. The fourth-order valence-electron chi connectivity index (χ4n) is 9.08. The number of nitrogens with zero attached hydrogens (tertiary/aromatic N) is 1. The first-order valence-electron chi connectivity index (χ1n) is 18.2. The molecule has 0 bridgehead atoms. The number of hydrogen-bond acceptors (Lipinski definition) is 1. The fraction of sp³-hybridized carbons (Fsp3) is 0.0400. The summed E-state index contributed by atoms with van der Waals surface area (Å²) in [6.07, 6.45) is 0. The van der Waals surface area contributed by atoms with E-state index in [4.69, 9.17) is 0 Å². The lowest BCUT2D eigenvalue weighted by Crippen LogP contribution is -2.49. The second-order valence-corrected chi connectivity index (χ2v) is 19.4. The monoisotopic (exact) mass is 677 g/mol. The van der Waals surface area contributed by atoms with E-state index in [1.54, 1.807) is 10.4 Å². The van der Waals surface area contributed by atoms with Gasteiger partial charge in [0.05, 0.1) is 0 Å². The molecule has 1 aliphatic rings.